The standard InChI is InChI=1S/C28H42N2O4S2/c1-25-13-17-27(18-14-25)35(31,32)29-21-9-7-5-3-4-6-8-10-22-30(24-12-11-23-29)36(33,34)28-19-15-26(2)16-20-28/h13-20H,3-12,21-24H2,1-2H3. The smallest absolute Gasteiger partial charge is 0.207 e. The van der Waals surface area contributed by atoms with E-state index in [0.29, 0.717) is 48.8 Å². The zero-order valence-electron chi connectivity index (χ0n) is 21.9. The highest BCUT2D eigenvalue weighted by atomic mass is 32.2. The van der Waals surface area contributed by atoms with E-state index in [1.54, 1.807) is 32.9 Å². The summed E-state index contributed by atoms with van der Waals surface area (Å²) in [7, 11) is -7.17. The Kier molecular flexibility index (Phi) is 11.0. The van der Waals surface area contributed by atoms with Crippen molar-refractivity contribution < 1.29 is 16.8 Å². The summed E-state index contributed by atoms with van der Waals surface area (Å²) >= 11 is 0. The minimum absolute atomic E-state index is 0.325. The summed E-state index contributed by atoms with van der Waals surface area (Å²) in [5.41, 5.74) is 2.05. The van der Waals surface area contributed by atoms with E-state index in [0.717, 1.165) is 62.5 Å². The van der Waals surface area contributed by atoms with E-state index in [9.17, 15) is 16.8 Å². The Morgan fingerprint density at radius 1 is 0.444 bits per heavy atom. The van der Waals surface area contributed by atoms with Crippen LogP contribution >= 0.6 is 0 Å². The molecule has 1 saturated heterocycles. The van der Waals surface area contributed by atoms with E-state index in [2.05, 4.69) is 0 Å². The van der Waals surface area contributed by atoms with Crippen LogP contribution in [0.4, 0.5) is 0 Å². The van der Waals surface area contributed by atoms with Gasteiger partial charge in [-0.3, -0.25) is 0 Å². The summed E-state index contributed by atoms with van der Waals surface area (Å²) in [5.74, 6) is 0. The molecule has 6 nitrogen and oxygen atoms in total. The third-order valence-electron chi connectivity index (χ3n) is 6.95. The third kappa shape index (κ3) is 8.13. The number of rotatable bonds is 4. The molecule has 0 spiro atoms. The Bertz CT molecular complexity index is 1050. The third-order valence-corrected chi connectivity index (χ3v) is 10.8. The predicted molar refractivity (Wildman–Crippen MR) is 146 cm³/mol. The average Bonchev–Trinajstić information content (AvgIpc) is 2.84. The second kappa shape index (κ2) is 13.7. The normalized spacial score (nSPS) is 19.2. The summed E-state index contributed by atoms with van der Waals surface area (Å²) in [4.78, 5) is 0.650. The molecule has 1 heterocycles. The Morgan fingerprint density at radius 3 is 1.00 bits per heavy atom. The van der Waals surface area contributed by atoms with Crippen molar-refractivity contribution in [1.82, 2.24) is 8.61 Å². The molecule has 1 aliphatic rings. The first kappa shape index (κ1) is 28.8. The summed E-state index contributed by atoms with van der Waals surface area (Å²) < 4.78 is 56.8. The second-order valence-corrected chi connectivity index (χ2v) is 13.8. The highest BCUT2D eigenvalue weighted by molar-refractivity contribution is 7.89. The lowest BCUT2D eigenvalue weighted by Crippen LogP contribution is -2.35. The largest absolute Gasteiger partial charge is 0.243 e. The molecule has 0 saturated carbocycles. The maximum atomic E-state index is 13.4. The molecule has 36 heavy (non-hydrogen) atoms. The first-order chi connectivity index (χ1) is 17.2. The Morgan fingerprint density at radius 2 is 0.694 bits per heavy atom. The molecule has 0 bridgehead atoms. The van der Waals surface area contributed by atoms with Crippen LogP contribution in [0.25, 0.3) is 0 Å². The fraction of sp³-hybridized carbons (Fsp3) is 0.571. The number of aryl methyl sites for hydroxylation is 2. The van der Waals surface area contributed by atoms with Crippen LogP contribution in [0.5, 0.6) is 0 Å². The first-order valence-electron chi connectivity index (χ1n) is 13.3. The molecule has 3 rings (SSSR count). The van der Waals surface area contributed by atoms with Gasteiger partial charge in [0.05, 0.1) is 9.79 Å². The maximum Gasteiger partial charge on any atom is 0.243 e. The Labute approximate surface area is 218 Å². The zero-order valence-corrected chi connectivity index (χ0v) is 23.5. The molecule has 8 heteroatoms. The molecular formula is C28H42N2O4S2. The molecule has 0 unspecified atom stereocenters. The number of nitrogens with zero attached hydrogens (tertiary/aromatic N) is 2. The molecule has 0 amide bonds. The van der Waals surface area contributed by atoms with Gasteiger partial charge < -0.3 is 0 Å². The SMILES string of the molecule is Cc1ccc(S(=O)(=O)N2CCCCCCCCCCN(S(=O)(=O)c3ccc(C)cc3)CCCC2)cc1. The van der Waals surface area contributed by atoms with Crippen LogP contribution in [0, 0.1) is 13.8 Å². The van der Waals surface area contributed by atoms with E-state index < -0.39 is 20.0 Å². The Hall–Kier alpha value is -1.74. The average molecular weight is 535 g/mol. The molecule has 1 aliphatic heterocycles. The zero-order chi connectivity index (χ0) is 26.0. The number of sulfonamides is 2. The number of hydrogen-bond donors (Lipinski definition) is 0. The van der Waals surface area contributed by atoms with Gasteiger partial charge in [-0.2, -0.15) is 8.61 Å². The summed E-state index contributed by atoms with van der Waals surface area (Å²) in [6.45, 7) is 5.69. The van der Waals surface area contributed by atoms with Crippen molar-refractivity contribution in [3.05, 3.63) is 59.7 Å². The summed E-state index contributed by atoms with van der Waals surface area (Å²) in [6, 6.07) is 14.0. The van der Waals surface area contributed by atoms with E-state index in [1.807, 2.05) is 38.1 Å². The van der Waals surface area contributed by atoms with Crippen molar-refractivity contribution in [3.8, 4) is 0 Å². The lowest BCUT2D eigenvalue weighted by atomic mass is 10.1. The molecule has 0 aliphatic carbocycles. The molecule has 0 atom stereocenters. The minimum Gasteiger partial charge on any atom is -0.207 e. The van der Waals surface area contributed by atoms with Crippen LogP contribution < -0.4 is 0 Å². The molecule has 0 N–H and O–H groups in total. The van der Waals surface area contributed by atoms with Crippen LogP contribution in [0.1, 0.15) is 75.3 Å². The topological polar surface area (TPSA) is 74.8 Å². The van der Waals surface area contributed by atoms with Gasteiger partial charge in [-0.25, -0.2) is 16.8 Å². The molecule has 1 fully saturated rings. The molecule has 2 aromatic rings. The minimum atomic E-state index is -3.58. The Balaban J connectivity index is 1.74. The van der Waals surface area contributed by atoms with Gasteiger partial charge in [0.25, 0.3) is 0 Å². The monoisotopic (exact) mass is 534 g/mol. The number of hydrogen-bond acceptors (Lipinski definition) is 4. The lowest BCUT2D eigenvalue weighted by molar-refractivity contribution is 0.354. The van der Waals surface area contributed by atoms with Crippen molar-refractivity contribution in [2.24, 2.45) is 0 Å². The van der Waals surface area contributed by atoms with Crippen LogP contribution in [0.2, 0.25) is 0 Å². The van der Waals surface area contributed by atoms with Gasteiger partial charge in [0.15, 0.2) is 0 Å². The summed E-state index contributed by atoms with van der Waals surface area (Å²) in [5, 5.41) is 0. The highest BCUT2D eigenvalue weighted by Crippen LogP contribution is 2.21. The van der Waals surface area contributed by atoms with Gasteiger partial charge in [0.2, 0.25) is 20.0 Å². The molecule has 0 radical (unpaired) electrons. The van der Waals surface area contributed by atoms with Gasteiger partial charge in [-0.1, -0.05) is 73.9 Å². The maximum absolute atomic E-state index is 13.4. The van der Waals surface area contributed by atoms with Crippen molar-refractivity contribution in [2.45, 2.75) is 87.8 Å². The van der Waals surface area contributed by atoms with Crippen molar-refractivity contribution in [2.75, 3.05) is 26.2 Å². The lowest BCUT2D eigenvalue weighted by Gasteiger charge is -2.25. The van der Waals surface area contributed by atoms with Gasteiger partial charge in [0.1, 0.15) is 0 Å². The van der Waals surface area contributed by atoms with E-state index >= 15 is 0 Å². The molecular weight excluding hydrogens is 492 g/mol. The molecule has 200 valence electrons. The predicted octanol–water partition coefficient (Wildman–Crippen LogP) is 5.90. The van der Waals surface area contributed by atoms with E-state index in [4.69, 9.17) is 0 Å². The van der Waals surface area contributed by atoms with E-state index in [-0.39, 0.29) is 0 Å². The van der Waals surface area contributed by atoms with Gasteiger partial charge in [0, 0.05) is 26.2 Å². The fourth-order valence-electron chi connectivity index (χ4n) is 4.64. The summed E-state index contributed by atoms with van der Waals surface area (Å²) in [6.07, 6.45) is 9.46. The molecule has 0 aromatic heterocycles. The first-order valence-corrected chi connectivity index (χ1v) is 16.2. The van der Waals surface area contributed by atoms with Crippen molar-refractivity contribution in [3.63, 3.8) is 0 Å². The van der Waals surface area contributed by atoms with Crippen LogP contribution in [-0.2, 0) is 20.0 Å². The van der Waals surface area contributed by atoms with Crippen LogP contribution in [0.3, 0.4) is 0 Å². The van der Waals surface area contributed by atoms with Gasteiger partial charge in [-0.05, 0) is 63.8 Å². The number of benzene rings is 2. The second-order valence-electron chi connectivity index (χ2n) is 9.97. The fourth-order valence-corrected chi connectivity index (χ4v) is 7.67. The van der Waals surface area contributed by atoms with Crippen LogP contribution in [-0.4, -0.2) is 51.6 Å². The quantitative estimate of drug-likeness (QED) is 0.489. The van der Waals surface area contributed by atoms with Crippen molar-refractivity contribution >= 4 is 20.0 Å². The van der Waals surface area contributed by atoms with E-state index in [1.165, 1.54) is 0 Å². The molecule has 2 aromatic carbocycles. The highest BCUT2D eigenvalue weighted by Gasteiger charge is 2.26. The van der Waals surface area contributed by atoms with Gasteiger partial charge >= 0.3 is 0 Å². The van der Waals surface area contributed by atoms with Crippen LogP contribution in [0.15, 0.2) is 58.3 Å². The van der Waals surface area contributed by atoms with Gasteiger partial charge in [-0.15, -0.1) is 0 Å². The van der Waals surface area contributed by atoms with Crippen molar-refractivity contribution in [1.29, 1.82) is 0 Å².